The summed E-state index contributed by atoms with van der Waals surface area (Å²) in [5, 5.41) is 0. The van der Waals surface area contributed by atoms with Crippen LogP contribution in [0.1, 0.15) is 6.42 Å². The van der Waals surface area contributed by atoms with Gasteiger partial charge in [0.25, 0.3) is 0 Å². The third kappa shape index (κ3) is 1.14. The summed E-state index contributed by atoms with van der Waals surface area (Å²) >= 11 is 9.78. The zero-order valence-electron chi connectivity index (χ0n) is 4.26. The van der Waals surface area contributed by atoms with Crippen molar-refractivity contribution in [1.29, 1.82) is 0 Å². The van der Waals surface area contributed by atoms with E-state index in [-0.39, 0.29) is 0 Å². The van der Waals surface area contributed by atoms with Gasteiger partial charge in [0.05, 0.1) is 4.91 Å². The molecule has 0 saturated carbocycles. The van der Waals surface area contributed by atoms with Crippen LogP contribution in [0, 0.1) is 0 Å². The first-order chi connectivity index (χ1) is 3.80. The molecule has 1 aliphatic carbocycles. The summed E-state index contributed by atoms with van der Waals surface area (Å²) in [6.07, 6.45) is 6.67. The highest BCUT2D eigenvalue weighted by Crippen LogP contribution is 2.12. The highest BCUT2D eigenvalue weighted by atomic mass is 32.1. The summed E-state index contributed by atoms with van der Waals surface area (Å²) in [5.41, 5.74) is 0. The van der Waals surface area contributed by atoms with Crippen molar-refractivity contribution >= 4 is 29.7 Å². The lowest BCUT2D eigenvalue weighted by molar-refractivity contribution is 1.50. The average molecular weight is 141 g/mol. The van der Waals surface area contributed by atoms with Crippen LogP contribution >= 0.6 is 24.8 Å². The Bertz CT molecular complexity index is 165. The standard InChI is InChI=1S/C6H5S2/c7-5-3-1-2-4-6(5)8/h1-3H,4H2. The molecule has 0 bridgehead atoms. The van der Waals surface area contributed by atoms with E-state index in [1.165, 1.54) is 0 Å². The van der Waals surface area contributed by atoms with Gasteiger partial charge in [0.1, 0.15) is 0 Å². The van der Waals surface area contributed by atoms with E-state index in [0.29, 0.717) is 0 Å². The van der Waals surface area contributed by atoms with Crippen LogP contribution in [0.5, 0.6) is 0 Å². The van der Waals surface area contributed by atoms with Crippen LogP contribution in [0.15, 0.2) is 23.1 Å². The Balaban J connectivity index is 2.80. The Kier molecular flexibility index (Phi) is 1.76. The molecule has 2 heteroatoms. The fraction of sp³-hybridized carbons (Fsp3) is 0.167. The lowest BCUT2D eigenvalue weighted by Crippen LogP contribution is -1.94. The maximum absolute atomic E-state index is 4.90. The summed E-state index contributed by atoms with van der Waals surface area (Å²) in [4.78, 5) is 1.71. The van der Waals surface area contributed by atoms with Gasteiger partial charge in [-0.2, -0.15) is 0 Å². The van der Waals surface area contributed by atoms with Crippen molar-refractivity contribution in [3.05, 3.63) is 23.1 Å². The molecule has 41 valence electrons. The van der Waals surface area contributed by atoms with Gasteiger partial charge in [-0.3, -0.25) is 0 Å². The van der Waals surface area contributed by atoms with Crippen LogP contribution in [0.2, 0.25) is 0 Å². The van der Waals surface area contributed by atoms with E-state index in [9.17, 15) is 0 Å². The molecule has 1 rings (SSSR count). The quantitative estimate of drug-likeness (QED) is 0.467. The van der Waals surface area contributed by atoms with E-state index in [1.807, 2.05) is 18.2 Å². The van der Waals surface area contributed by atoms with Gasteiger partial charge in [0.15, 0.2) is 0 Å². The van der Waals surface area contributed by atoms with Crippen molar-refractivity contribution in [2.45, 2.75) is 6.42 Å². The highest BCUT2D eigenvalue weighted by Gasteiger charge is 2.00. The summed E-state index contributed by atoms with van der Waals surface area (Å²) in [6.45, 7) is 0. The molecule has 0 saturated heterocycles. The molecular formula is C6H5S2. The summed E-state index contributed by atoms with van der Waals surface area (Å²) in [6, 6.07) is 0. The first-order valence-electron chi connectivity index (χ1n) is 2.38. The average Bonchev–Trinajstić information content (AvgIpc) is 1.77. The summed E-state index contributed by atoms with van der Waals surface area (Å²) < 4.78 is 0. The second-order valence-electron chi connectivity index (χ2n) is 1.59. The van der Waals surface area contributed by atoms with Crippen LogP contribution in [0.3, 0.4) is 0 Å². The van der Waals surface area contributed by atoms with Gasteiger partial charge in [-0.1, -0.05) is 37.0 Å². The number of thiocarbonyl (C=S) groups is 1. The molecule has 0 aliphatic heterocycles. The Morgan fingerprint density at radius 3 is 2.62 bits per heavy atom. The number of hydrogen-bond donors (Lipinski definition) is 0. The minimum atomic E-state index is 0.822. The predicted octanol–water partition coefficient (Wildman–Crippen LogP) is 2.40. The molecule has 0 atom stereocenters. The minimum absolute atomic E-state index is 0.822. The van der Waals surface area contributed by atoms with Crippen LogP contribution in [-0.2, 0) is 0 Å². The lowest BCUT2D eigenvalue weighted by atomic mass is 10.2. The van der Waals surface area contributed by atoms with Gasteiger partial charge >= 0.3 is 0 Å². The van der Waals surface area contributed by atoms with Crippen molar-refractivity contribution in [3.63, 3.8) is 0 Å². The molecule has 1 radical (unpaired) electrons. The highest BCUT2D eigenvalue weighted by molar-refractivity contribution is 7.90. The first-order valence-corrected chi connectivity index (χ1v) is 3.19. The molecule has 0 aromatic carbocycles. The van der Waals surface area contributed by atoms with Crippen LogP contribution in [-0.4, -0.2) is 4.86 Å². The van der Waals surface area contributed by atoms with Crippen molar-refractivity contribution in [3.8, 4) is 0 Å². The SMILES string of the molecule is [S]C1=CC=CCC1=S. The first kappa shape index (κ1) is 5.92. The fourth-order valence-electron chi connectivity index (χ4n) is 0.524. The second kappa shape index (κ2) is 2.37. The summed E-state index contributed by atoms with van der Waals surface area (Å²) in [7, 11) is 0. The van der Waals surface area contributed by atoms with Crippen LogP contribution in [0.25, 0.3) is 0 Å². The van der Waals surface area contributed by atoms with Crippen molar-refractivity contribution in [2.24, 2.45) is 0 Å². The van der Waals surface area contributed by atoms with E-state index in [4.69, 9.17) is 24.8 Å². The van der Waals surface area contributed by atoms with E-state index >= 15 is 0 Å². The summed E-state index contributed by atoms with van der Waals surface area (Å²) in [5.74, 6) is 0. The molecule has 0 nitrogen and oxygen atoms in total. The smallest absolute Gasteiger partial charge is 0.0519 e. The molecule has 0 amide bonds. The lowest BCUT2D eigenvalue weighted by Gasteiger charge is -1.99. The maximum atomic E-state index is 4.90. The van der Waals surface area contributed by atoms with Gasteiger partial charge in [0, 0.05) is 11.3 Å². The van der Waals surface area contributed by atoms with Gasteiger partial charge < -0.3 is 0 Å². The van der Waals surface area contributed by atoms with Crippen molar-refractivity contribution in [1.82, 2.24) is 0 Å². The molecule has 0 N–H and O–H groups in total. The molecule has 0 aromatic heterocycles. The Morgan fingerprint density at radius 1 is 1.50 bits per heavy atom. The van der Waals surface area contributed by atoms with Gasteiger partial charge in [-0.15, -0.1) is 0 Å². The van der Waals surface area contributed by atoms with Crippen LogP contribution in [0.4, 0.5) is 0 Å². The molecule has 0 aromatic rings. The fourth-order valence-corrected chi connectivity index (χ4v) is 0.850. The Morgan fingerprint density at radius 2 is 2.25 bits per heavy atom. The number of rotatable bonds is 0. The third-order valence-corrected chi connectivity index (χ3v) is 1.86. The molecule has 0 fully saturated rings. The Hall–Kier alpha value is -0.210. The van der Waals surface area contributed by atoms with E-state index in [2.05, 4.69) is 0 Å². The largest absolute Gasteiger partial charge is 0.0830 e. The van der Waals surface area contributed by atoms with E-state index in [1.54, 1.807) is 0 Å². The van der Waals surface area contributed by atoms with Gasteiger partial charge in [-0.05, 0) is 6.08 Å². The van der Waals surface area contributed by atoms with Crippen molar-refractivity contribution in [2.75, 3.05) is 0 Å². The second-order valence-corrected chi connectivity index (χ2v) is 2.52. The van der Waals surface area contributed by atoms with Gasteiger partial charge in [0.2, 0.25) is 0 Å². The monoisotopic (exact) mass is 141 g/mol. The van der Waals surface area contributed by atoms with Gasteiger partial charge in [-0.25, -0.2) is 0 Å². The van der Waals surface area contributed by atoms with Crippen molar-refractivity contribution < 1.29 is 0 Å². The molecule has 0 unspecified atom stereocenters. The zero-order chi connectivity index (χ0) is 5.98. The molecule has 0 spiro atoms. The molecule has 1 aliphatic rings. The maximum Gasteiger partial charge on any atom is 0.0519 e. The molecular weight excluding hydrogens is 136 g/mol. The number of hydrogen-bond acceptors (Lipinski definition) is 1. The normalized spacial score (nSPS) is 18.5. The zero-order valence-corrected chi connectivity index (χ0v) is 5.89. The topological polar surface area (TPSA) is 0 Å². The molecule has 8 heavy (non-hydrogen) atoms. The third-order valence-electron chi connectivity index (χ3n) is 0.962. The van der Waals surface area contributed by atoms with Crippen LogP contribution < -0.4 is 0 Å². The Labute approximate surface area is 59.7 Å². The van der Waals surface area contributed by atoms with E-state index in [0.717, 1.165) is 16.2 Å². The minimum Gasteiger partial charge on any atom is -0.0830 e. The number of allylic oxidation sites excluding steroid dienone is 4. The predicted molar refractivity (Wildman–Crippen MR) is 42.0 cm³/mol. The molecule has 0 heterocycles. The van der Waals surface area contributed by atoms with E-state index < -0.39 is 0 Å².